The Balaban J connectivity index is 0.00000144. The first-order valence-corrected chi connectivity index (χ1v) is 6.76. The van der Waals surface area contributed by atoms with E-state index in [0.29, 0.717) is 6.04 Å². The summed E-state index contributed by atoms with van der Waals surface area (Å²) in [6.45, 7) is 9.72. The van der Waals surface area contributed by atoms with Crippen molar-refractivity contribution in [1.29, 1.82) is 0 Å². The third-order valence-electron chi connectivity index (χ3n) is 2.99. The summed E-state index contributed by atoms with van der Waals surface area (Å²) in [4.78, 5) is 7.10. The van der Waals surface area contributed by atoms with Crippen LogP contribution in [0.3, 0.4) is 0 Å². The Morgan fingerprint density at radius 3 is 2.56 bits per heavy atom. The maximum atomic E-state index is 5.89. The second kappa shape index (κ2) is 7.06. The van der Waals surface area contributed by atoms with Gasteiger partial charge in [0, 0.05) is 29.9 Å². The Hall–Kier alpha value is 0.130. The van der Waals surface area contributed by atoms with Gasteiger partial charge in [-0.25, -0.2) is 4.98 Å². The van der Waals surface area contributed by atoms with Crippen molar-refractivity contribution in [1.82, 2.24) is 9.88 Å². The molecule has 2 heterocycles. The van der Waals surface area contributed by atoms with Crippen LogP contribution >= 0.6 is 36.2 Å². The van der Waals surface area contributed by atoms with Crippen molar-refractivity contribution in [3.8, 4) is 0 Å². The van der Waals surface area contributed by atoms with Crippen LogP contribution in [0.5, 0.6) is 0 Å². The molecule has 0 aromatic carbocycles. The number of aromatic nitrogens is 1. The van der Waals surface area contributed by atoms with Crippen molar-refractivity contribution in [3.05, 3.63) is 16.1 Å². The Bertz CT molecular complexity index is 362. The van der Waals surface area contributed by atoms with Crippen molar-refractivity contribution >= 4 is 36.2 Å². The molecule has 1 fully saturated rings. The van der Waals surface area contributed by atoms with Gasteiger partial charge in [-0.05, 0) is 6.42 Å². The maximum absolute atomic E-state index is 5.89. The number of thiazole rings is 1. The molecule has 0 saturated carbocycles. The van der Waals surface area contributed by atoms with E-state index in [2.05, 4.69) is 31.1 Å². The molecule has 18 heavy (non-hydrogen) atoms. The van der Waals surface area contributed by atoms with Crippen molar-refractivity contribution in [2.45, 2.75) is 45.2 Å². The average molecular weight is 312 g/mol. The van der Waals surface area contributed by atoms with Gasteiger partial charge < -0.3 is 5.73 Å². The number of halogens is 2. The lowest BCUT2D eigenvalue weighted by Gasteiger charge is -2.15. The summed E-state index contributed by atoms with van der Waals surface area (Å²) < 4.78 is 0. The molecule has 0 aliphatic carbocycles. The highest BCUT2D eigenvalue weighted by Crippen LogP contribution is 2.25. The highest BCUT2D eigenvalue weighted by molar-refractivity contribution is 7.09. The predicted molar refractivity (Wildman–Crippen MR) is 83.2 cm³/mol. The van der Waals surface area contributed by atoms with Crippen LogP contribution in [0.1, 0.15) is 37.9 Å². The van der Waals surface area contributed by atoms with E-state index >= 15 is 0 Å². The summed E-state index contributed by atoms with van der Waals surface area (Å²) in [6, 6.07) is 0.363. The first-order chi connectivity index (χ1) is 7.45. The molecule has 1 aromatic rings. The molecule has 6 heteroatoms. The van der Waals surface area contributed by atoms with Crippen LogP contribution in [0, 0.1) is 0 Å². The molecule has 1 aliphatic rings. The summed E-state index contributed by atoms with van der Waals surface area (Å²) in [7, 11) is 0. The van der Waals surface area contributed by atoms with E-state index in [9.17, 15) is 0 Å². The molecule has 1 unspecified atom stereocenters. The Kier molecular flexibility index (Phi) is 7.11. The van der Waals surface area contributed by atoms with Gasteiger partial charge in [0.25, 0.3) is 0 Å². The molecule has 0 bridgehead atoms. The van der Waals surface area contributed by atoms with Gasteiger partial charge in [0.15, 0.2) is 0 Å². The molecule has 0 amide bonds. The molecule has 1 saturated heterocycles. The van der Waals surface area contributed by atoms with Crippen molar-refractivity contribution in [2.24, 2.45) is 5.73 Å². The first kappa shape index (κ1) is 18.1. The minimum Gasteiger partial charge on any atom is -0.326 e. The SMILES string of the molecule is CC(C)(C)c1csc(CN2CCC(N)C2)n1.Cl.Cl. The van der Waals surface area contributed by atoms with Crippen molar-refractivity contribution in [2.75, 3.05) is 13.1 Å². The second-order valence-corrected chi connectivity index (χ2v) is 6.60. The van der Waals surface area contributed by atoms with Crippen LogP contribution in [-0.4, -0.2) is 29.0 Å². The van der Waals surface area contributed by atoms with Crippen LogP contribution in [0.2, 0.25) is 0 Å². The normalized spacial score (nSPS) is 20.3. The largest absolute Gasteiger partial charge is 0.326 e. The minimum atomic E-state index is 0. The fraction of sp³-hybridized carbons (Fsp3) is 0.750. The van der Waals surface area contributed by atoms with Crippen LogP contribution < -0.4 is 5.73 Å². The topological polar surface area (TPSA) is 42.1 Å². The lowest BCUT2D eigenvalue weighted by atomic mass is 9.93. The summed E-state index contributed by atoms with van der Waals surface area (Å²) in [5.74, 6) is 0. The van der Waals surface area contributed by atoms with E-state index in [0.717, 1.165) is 26.1 Å². The number of hydrogen-bond acceptors (Lipinski definition) is 4. The van der Waals surface area contributed by atoms with Gasteiger partial charge in [0.2, 0.25) is 0 Å². The van der Waals surface area contributed by atoms with Gasteiger partial charge in [0.05, 0.1) is 12.2 Å². The van der Waals surface area contributed by atoms with Crippen LogP contribution in [-0.2, 0) is 12.0 Å². The molecular weight excluding hydrogens is 289 g/mol. The molecule has 1 aromatic heterocycles. The monoisotopic (exact) mass is 311 g/mol. The summed E-state index contributed by atoms with van der Waals surface area (Å²) >= 11 is 1.77. The molecule has 0 spiro atoms. The first-order valence-electron chi connectivity index (χ1n) is 5.88. The second-order valence-electron chi connectivity index (χ2n) is 5.66. The third kappa shape index (κ3) is 4.67. The van der Waals surface area contributed by atoms with Crippen LogP contribution in [0.15, 0.2) is 5.38 Å². The average Bonchev–Trinajstić information content (AvgIpc) is 2.74. The van der Waals surface area contributed by atoms with Crippen LogP contribution in [0.25, 0.3) is 0 Å². The van der Waals surface area contributed by atoms with Gasteiger partial charge >= 0.3 is 0 Å². The van der Waals surface area contributed by atoms with E-state index < -0.39 is 0 Å². The zero-order chi connectivity index (χ0) is 11.8. The quantitative estimate of drug-likeness (QED) is 0.913. The molecular formula is C12H23Cl2N3S. The van der Waals surface area contributed by atoms with E-state index in [-0.39, 0.29) is 30.2 Å². The molecule has 2 rings (SSSR count). The summed E-state index contributed by atoms with van der Waals surface area (Å²) in [5, 5.41) is 3.41. The van der Waals surface area contributed by atoms with Gasteiger partial charge in [0.1, 0.15) is 5.01 Å². The number of nitrogens with zero attached hydrogens (tertiary/aromatic N) is 2. The third-order valence-corrected chi connectivity index (χ3v) is 3.82. The fourth-order valence-electron chi connectivity index (χ4n) is 1.93. The zero-order valence-electron chi connectivity index (χ0n) is 11.2. The van der Waals surface area contributed by atoms with E-state index in [1.807, 2.05) is 0 Å². The molecule has 1 atom stereocenters. The lowest BCUT2D eigenvalue weighted by Crippen LogP contribution is -2.26. The summed E-state index contributed by atoms with van der Waals surface area (Å²) in [5.41, 5.74) is 7.26. The van der Waals surface area contributed by atoms with E-state index in [4.69, 9.17) is 10.7 Å². The van der Waals surface area contributed by atoms with Gasteiger partial charge in [-0.1, -0.05) is 20.8 Å². The maximum Gasteiger partial charge on any atom is 0.107 e. The van der Waals surface area contributed by atoms with Gasteiger partial charge in [-0.3, -0.25) is 4.90 Å². The number of likely N-dealkylation sites (tertiary alicyclic amines) is 1. The van der Waals surface area contributed by atoms with Gasteiger partial charge in [-0.2, -0.15) is 0 Å². The Morgan fingerprint density at radius 2 is 2.11 bits per heavy atom. The lowest BCUT2D eigenvalue weighted by molar-refractivity contribution is 0.325. The predicted octanol–water partition coefficient (Wildman–Crippen LogP) is 2.82. The number of hydrogen-bond donors (Lipinski definition) is 1. The van der Waals surface area contributed by atoms with Crippen molar-refractivity contribution < 1.29 is 0 Å². The van der Waals surface area contributed by atoms with E-state index in [1.54, 1.807) is 11.3 Å². The number of nitrogens with two attached hydrogens (primary N) is 1. The fourth-order valence-corrected chi connectivity index (χ4v) is 2.99. The Morgan fingerprint density at radius 1 is 1.44 bits per heavy atom. The molecule has 3 nitrogen and oxygen atoms in total. The molecule has 1 aliphatic heterocycles. The molecule has 2 N–H and O–H groups in total. The van der Waals surface area contributed by atoms with Gasteiger partial charge in [-0.15, -0.1) is 36.2 Å². The Labute approximate surface area is 126 Å². The standard InChI is InChI=1S/C12H21N3S.2ClH/c1-12(2,3)10-8-16-11(14-10)7-15-5-4-9(13)6-15;;/h8-9H,4-7,13H2,1-3H3;2*1H. The van der Waals surface area contributed by atoms with Crippen molar-refractivity contribution in [3.63, 3.8) is 0 Å². The van der Waals surface area contributed by atoms with E-state index in [1.165, 1.54) is 10.7 Å². The zero-order valence-corrected chi connectivity index (χ0v) is 13.6. The van der Waals surface area contributed by atoms with Crippen LogP contribution in [0.4, 0.5) is 0 Å². The highest BCUT2D eigenvalue weighted by atomic mass is 35.5. The molecule has 0 radical (unpaired) electrons. The minimum absolute atomic E-state index is 0. The summed E-state index contributed by atoms with van der Waals surface area (Å²) in [6.07, 6.45) is 1.12. The smallest absolute Gasteiger partial charge is 0.107 e. The molecule has 106 valence electrons. The number of rotatable bonds is 2. The highest BCUT2D eigenvalue weighted by Gasteiger charge is 2.22.